The summed E-state index contributed by atoms with van der Waals surface area (Å²) in [4.78, 5) is 11.6. The third kappa shape index (κ3) is 4.68. The van der Waals surface area contributed by atoms with Crippen LogP contribution in [-0.2, 0) is 14.6 Å². The molecule has 1 aliphatic rings. The van der Waals surface area contributed by atoms with Gasteiger partial charge in [-0.1, -0.05) is 17.7 Å². The topological polar surface area (TPSA) is 72.5 Å². The lowest BCUT2D eigenvalue weighted by Gasteiger charge is -2.10. The van der Waals surface area contributed by atoms with Crippen molar-refractivity contribution in [3.63, 3.8) is 0 Å². The molecule has 0 bridgehead atoms. The van der Waals surface area contributed by atoms with Crippen molar-refractivity contribution in [1.82, 2.24) is 5.32 Å². The van der Waals surface area contributed by atoms with E-state index in [0.717, 1.165) is 0 Å². The van der Waals surface area contributed by atoms with Gasteiger partial charge >= 0.3 is 0 Å². The highest BCUT2D eigenvalue weighted by Crippen LogP contribution is 2.18. The quantitative estimate of drug-likeness (QED) is 0.887. The number of ether oxygens (including phenoxy) is 1. The van der Waals surface area contributed by atoms with E-state index in [4.69, 9.17) is 16.3 Å². The highest BCUT2D eigenvalue weighted by Gasteiger charge is 2.27. The van der Waals surface area contributed by atoms with E-state index in [0.29, 0.717) is 23.7 Å². The van der Waals surface area contributed by atoms with Crippen LogP contribution < -0.4 is 10.1 Å². The largest absolute Gasteiger partial charge is 0.484 e. The van der Waals surface area contributed by atoms with Gasteiger partial charge in [-0.2, -0.15) is 0 Å². The zero-order valence-corrected chi connectivity index (χ0v) is 12.4. The summed E-state index contributed by atoms with van der Waals surface area (Å²) in [6.07, 6.45) is 0.609. The van der Waals surface area contributed by atoms with Gasteiger partial charge in [0, 0.05) is 11.6 Å². The standard InChI is InChI=1S/C13H16ClNO4S/c14-11-2-1-3-12(6-11)19-8-13(16)15-7-10-4-5-20(17,18)9-10/h1-3,6,10H,4-5,7-9H2,(H,15,16)/t10-/m1/s1. The molecule has 1 aromatic carbocycles. The number of carbonyl (C=O) groups excluding carboxylic acids is 1. The van der Waals surface area contributed by atoms with Crippen LogP contribution in [0.15, 0.2) is 24.3 Å². The van der Waals surface area contributed by atoms with Crippen LogP contribution in [0.2, 0.25) is 5.02 Å². The molecule has 1 heterocycles. The van der Waals surface area contributed by atoms with Crippen molar-refractivity contribution in [3.8, 4) is 5.75 Å². The molecule has 0 spiro atoms. The molecule has 110 valence electrons. The molecule has 1 aliphatic heterocycles. The Morgan fingerprint density at radius 2 is 2.25 bits per heavy atom. The second-order valence-electron chi connectivity index (χ2n) is 4.82. The maximum Gasteiger partial charge on any atom is 0.257 e. The van der Waals surface area contributed by atoms with Crippen molar-refractivity contribution in [3.05, 3.63) is 29.3 Å². The van der Waals surface area contributed by atoms with Crippen LogP contribution in [0, 0.1) is 5.92 Å². The second kappa shape index (κ2) is 6.45. The minimum atomic E-state index is -2.90. The first-order valence-corrected chi connectivity index (χ1v) is 8.50. The maximum absolute atomic E-state index is 11.6. The van der Waals surface area contributed by atoms with Crippen molar-refractivity contribution in [2.24, 2.45) is 5.92 Å². The molecule has 0 aliphatic carbocycles. The van der Waals surface area contributed by atoms with Crippen LogP contribution in [0.3, 0.4) is 0 Å². The van der Waals surface area contributed by atoms with Crippen molar-refractivity contribution < 1.29 is 17.9 Å². The van der Waals surface area contributed by atoms with Gasteiger partial charge in [-0.05, 0) is 30.5 Å². The van der Waals surface area contributed by atoms with E-state index in [1.165, 1.54) is 0 Å². The summed E-state index contributed by atoms with van der Waals surface area (Å²) in [5.41, 5.74) is 0. The van der Waals surface area contributed by atoms with Crippen LogP contribution in [-0.4, -0.2) is 39.0 Å². The molecular weight excluding hydrogens is 302 g/mol. The minimum absolute atomic E-state index is 0.00937. The zero-order chi connectivity index (χ0) is 14.6. The highest BCUT2D eigenvalue weighted by molar-refractivity contribution is 7.91. The lowest BCUT2D eigenvalue weighted by atomic mass is 10.1. The number of carbonyl (C=O) groups is 1. The Hall–Kier alpha value is -1.27. The molecule has 0 aromatic heterocycles. The summed E-state index contributed by atoms with van der Waals surface area (Å²) in [5, 5.41) is 3.23. The fraction of sp³-hybridized carbons (Fsp3) is 0.462. The van der Waals surface area contributed by atoms with Gasteiger partial charge in [-0.3, -0.25) is 4.79 Å². The molecular formula is C13H16ClNO4S. The van der Waals surface area contributed by atoms with E-state index in [-0.39, 0.29) is 29.9 Å². The van der Waals surface area contributed by atoms with E-state index >= 15 is 0 Å². The van der Waals surface area contributed by atoms with Gasteiger partial charge < -0.3 is 10.1 Å². The van der Waals surface area contributed by atoms with Gasteiger partial charge in [0.05, 0.1) is 11.5 Å². The maximum atomic E-state index is 11.6. The molecule has 1 saturated heterocycles. The van der Waals surface area contributed by atoms with Gasteiger partial charge in [0.25, 0.3) is 5.91 Å². The Morgan fingerprint density at radius 1 is 1.45 bits per heavy atom. The lowest BCUT2D eigenvalue weighted by molar-refractivity contribution is -0.123. The summed E-state index contributed by atoms with van der Waals surface area (Å²) < 4.78 is 27.8. The Morgan fingerprint density at radius 3 is 2.90 bits per heavy atom. The molecule has 1 aromatic rings. The number of benzene rings is 1. The Kier molecular flexibility index (Phi) is 4.88. The Balaban J connectivity index is 1.71. The van der Waals surface area contributed by atoms with E-state index < -0.39 is 9.84 Å². The lowest BCUT2D eigenvalue weighted by Crippen LogP contribution is -2.33. The monoisotopic (exact) mass is 317 g/mol. The molecule has 0 saturated carbocycles. The molecule has 5 nitrogen and oxygen atoms in total. The summed E-state index contributed by atoms with van der Waals surface area (Å²) in [7, 11) is -2.90. The van der Waals surface area contributed by atoms with Gasteiger partial charge in [0.2, 0.25) is 0 Å². The normalized spacial score (nSPS) is 20.6. The first kappa shape index (κ1) is 15.1. The van der Waals surface area contributed by atoms with E-state index in [1.807, 2.05) is 0 Å². The van der Waals surface area contributed by atoms with Gasteiger partial charge in [-0.15, -0.1) is 0 Å². The van der Waals surface area contributed by atoms with Crippen molar-refractivity contribution in [2.45, 2.75) is 6.42 Å². The molecule has 2 rings (SSSR count). The fourth-order valence-corrected chi connectivity index (χ4v) is 4.09. The first-order chi connectivity index (χ1) is 9.44. The number of hydrogen-bond donors (Lipinski definition) is 1. The number of sulfone groups is 1. The van der Waals surface area contributed by atoms with Gasteiger partial charge in [0.15, 0.2) is 16.4 Å². The SMILES string of the molecule is O=C(COc1cccc(Cl)c1)NC[C@H]1CCS(=O)(=O)C1. The summed E-state index contributed by atoms with van der Waals surface area (Å²) >= 11 is 5.80. The summed E-state index contributed by atoms with van der Waals surface area (Å²) in [6.45, 7) is 0.261. The molecule has 7 heteroatoms. The molecule has 0 radical (unpaired) electrons. The number of rotatable bonds is 5. The highest BCUT2D eigenvalue weighted by atomic mass is 35.5. The van der Waals surface area contributed by atoms with E-state index in [9.17, 15) is 13.2 Å². The van der Waals surface area contributed by atoms with Crippen LogP contribution in [0.4, 0.5) is 0 Å². The fourth-order valence-electron chi connectivity index (χ4n) is 2.05. The molecule has 20 heavy (non-hydrogen) atoms. The first-order valence-electron chi connectivity index (χ1n) is 6.30. The molecule has 1 atom stereocenters. The third-order valence-electron chi connectivity index (χ3n) is 3.08. The predicted molar refractivity (Wildman–Crippen MR) is 76.7 cm³/mol. The van der Waals surface area contributed by atoms with Crippen molar-refractivity contribution in [1.29, 1.82) is 0 Å². The molecule has 1 N–H and O–H groups in total. The number of hydrogen-bond acceptors (Lipinski definition) is 4. The number of amides is 1. The summed E-state index contributed by atoms with van der Waals surface area (Å²) in [5.74, 6) is 0.634. The Labute approximate surface area is 123 Å². The van der Waals surface area contributed by atoms with E-state index in [1.54, 1.807) is 24.3 Å². The van der Waals surface area contributed by atoms with Gasteiger partial charge in [-0.25, -0.2) is 8.42 Å². The van der Waals surface area contributed by atoms with Crippen LogP contribution in [0.25, 0.3) is 0 Å². The Bertz CT molecular complexity index is 588. The van der Waals surface area contributed by atoms with E-state index in [2.05, 4.69) is 5.32 Å². The van der Waals surface area contributed by atoms with Crippen molar-refractivity contribution in [2.75, 3.05) is 24.7 Å². The summed E-state index contributed by atoms with van der Waals surface area (Å²) in [6, 6.07) is 6.79. The van der Waals surface area contributed by atoms with Crippen LogP contribution in [0.1, 0.15) is 6.42 Å². The second-order valence-corrected chi connectivity index (χ2v) is 7.48. The van der Waals surface area contributed by atoms with Crippen LogP contribution in [0.5, 0.6) is 5.75 Å². The molecule has 0 unspecified atom stereocenters. The average Bonchev–Trinajstić information content (AvgIpc) is 2.74. The van der Waals surface area contributed by atoms with Crippen LogP contribution >= 0.6 is 11.6 Å². The number of halogens is 1. The minimum Gasteiger partial charge on any atom is -0.484 e. The zero-order valence-electron chi connectivity index (χ0n) is 10.8. The van der Waals surface area contributed by atoms with Crippen molar-refractivity contribution >= 4 is 27.3 Å². The smallest absolute Gasteiger partial charge is 0.257 e. The number of nitrogens with one attached hydrogen (secondary N) is 1. The predicted octanol–water partition coefficient (Wildman–Crippen LogP) is 1.27. The third-order valence-corrected chi connectivity index (χ3v) is 5.15. The average molecular weight is 318 g/mol. The molecule has 1 fully saturated rings. The molecule has 1 amide bonds. The van der Waals surface area contributed by atoms with Gasteiger partial charge in [0.1, 0.15) is 5.75 Å².